The van der Waals surface area contributed by atoms with Crippen molar-refractivity contribution in [2.75, 3.05) is 6.61 Å². The Morgan fingerprint density at radius 1 is 1.47 bits per heavy atom. The van der Waals surface area contributed by atoms with Crippen LogP contribution in [0.3, 0.4) is 0 Å². The standard InChI is InChI=1S/C12H11N3O2S2/c1-2-17-10(16)5-8-7-19-12-14-9(6-15(8)12)11-13-3-4-18-11/h3-4,6-7H,2,5H2,1H3. The first-order chi connectivity index (χ1) is 9.28. The minimum atomic E-state index is -0.216. The Balaban J connectivity index is 1.92. The van der Waals surface area contributed by atoms with Crippen LogP contribution in [0.4, 0.5) is 0 Å². The minimum Gasteiger partial charge on any atom is -0.466 e. The average molecular weight is 293 g/mol. The van der Waals surface area contributed by atoms with Gasteiger partial charge in [0.2, 0.25) is 0 Å². The summed E-state index contributed by atoms with van der Waals surface area (Å²) in [6.07, 6.45) is 3.94. The maximum atomic E-state index is 11.5. The van der Waals surface area contributed by atoms with Crippen molar-refractivity contribution < 1.29 is 9.53 Å². The van der Waals surface area contributed by atoms with Crippen LogP contribution >= 0.6 is 22.7 Å². The molecule has 3 rings (SSSR count). The molecule has 0 N–H and O–H groups in total. The second kappa shape index (κ2) is 5.10. The number of esters is 1. The molecule has 0 aliphatic rings. The summed E-state index contributed by atoms with van der Waals surface area (Å²) in [7, 11) is 0. The van der Waals surface area contributed by atoms with E-state index in [1.165, 1.54) is 11.3 Å². The number of carbonyl (C=O) groups excluding carboxylic acids is 1. The van der Waals surface area contributed by atoms with Gasteiger partial charge in [-0.3, -0.25) is 9.20 Å². The zero-order chi connectivity index (χ0) is 13.2. The van der Waals surface area contributed by atoms with Crippen LogP contribution in [0, 0.1) is 0 Å². The van der Waals surface area contributed by atoms with E-state index in [0.717, 1.165) is 21.4 Å². The molecule has 19 heavy (non-hydrogen) atoms. The third-order valence-electron chi connectivity index (χ3n) is 2.57. The van der Waals surface area contributed by atoms with E-state index in [4.69, 9.17) is 4.74 Å². The van der Waals surface area contributed by atoms with Gasteiger partial charge in [-0.05, 0) is 6.92 Å². The highest BCUT2D eigenvalue weighted by atomic mass is 32.1. The van der Waals surface area contributed by atoms with Gasteiger partial charge in [0, 0.05) is 28.8 Å². The van der Waals surface area contributed by atoms with Gasteiger partial charge in [-0.1, -0.05) is 0 Å². The highest BCUT2D eigenvalue weighted by Crippen LogP contribution is 2.25. The predicted octanol–water partition coefficient (Wildman–Crippen LogP) is 2.62. The number of thiazole rings is 2. The molecule has 0 radical (unpaired) electrons. The molecular formula is C12H11N3O2S2. The molecule has 0 amide bonds. The summed E-state index contributed by atoms with van der Waals surface area (Å²) < 4.78 is 6.89. The van der Waals surface area contributed by atoms with Gasteiger partial charge in [0.15, 0.2) is 4.96 Å². The number of rotatable bonds is 4. The number of ether oxygens (including phenoxy) is 1. The molecule has 0 atom stereocenters. The van der Waals surface area contributed by atoms with E-state index in [9.17, 15) is 4.79 Å². The van der Waals surface area contributed by atoms with Crippen molar-refractivity contribution in [1.29, 1.82) is 0 Å². The summed E-state index contributed by atoms with van der Waals surface area (Å²) in [5.41, 5.74) is 1.74. The van der Waals surface area contributed by atoms with Crippen LogP contribution < -0.4 is 0 Å². The van der Waals surface area contributed by atoms with E-state index >= 15 is 0 Å². The Morgan fingerprint density at radius 3 is 3.11 bits per heavy atom. The van der Waals surface area contributed by atoms with Crippen molar-refractivity contribution in [2.24, 2.45) is 0 Å². The molecule has 0 saturated carbocycles. The molecule has 0 fully saturated rings. The fourth-order valence-electron chi connectivity index (χ4n) is 1.77. The number of hydrogen-bond donors (Lipinski definition) is 0. The van der Waals surface area contributed by atoms with Crippen molar-refractivity contribution in [3.8, 4) is 10.7 Å². The maximum absolute atomic E-state index is 11.5. The molecule has 3 heterocycles. The smallest absolute Gasteiger partial charge is 0.311 e. The zero-order valence-corrected chi connectivity index (χ0v) is 11.8. The van der Waals surface area contributed by atoms with E-state index < -0.39 is 0 Å². The topological polar surface area (TPSA) is 56.5 Å². The lowest BCUT2D eigenvalue weighted by Crippen LogP contribution is -2.08. The highest BCUT2D eigenvalue weighted by molar-refractivity contribution is 7.15. The first kappa shape index (κ1) is 12.3. The molecule has 0 aromatic carbocycles. The van der Waals surface area contributed by atoms with Gasteiger partial charge in [-0.25, -0.2) is 9.97 Å². The lowest BCUT2D eigenvalue weighted by Gasteiger charge is -2.00. The molecule has 3 aromatic heterocycles. The monoisotopic (exact) mass is 293 g/mol. The van der Waals surface area contributed by atoms with Gasteiger partial charge in [0.1, 0.15) is 10.7 Å². The maximum Gasteiger partial charge on any atom is 0.311 e. The Kier molecular flexibility index (Phi) is 3.31. The molecule has 7 heteroatoms. The first-order valence-corrected chi connectivity index (χ1v) is 7.55. The Labute approximate surface area is 117 Å². The number of nitrogens with zero attached hydrogens (tertiary/aromatic N) is 3. The number of fused-ring (bicyclic) bond motifs is 1. The molecule has 0 aliphatic heterocycles. The van der Waals surface area contributed by atoms with E-state index in [1.54, 1.807) is 24.5 Å². The number of aromatic nitrogens is 3. The molecule has 5 nitrogen and oxygen atoms in total. The van der Waals surface area contributed by atoms with Gasteiger partial charge in [0.25, 0.3) is 0 Å². The van der Waals surface area contributed by atoms with Crippen LogP contribution in [0.5, 0.6) is 0 Å². The van der Waals surface area contributed by atoms with Crippen molar-refractivity contribution in [3.05, 3.63) is 28.8 Å². The third kappa shape index (κ3) is 2.39. The van der Waals surface area contributed by atoms with Crippen molar-refractivity contribution in [1.82, 2.24) is 14.4 Å². The van der Waals surface area contributed by atoms with Gasteiger partial charge in [0.05, 0.1) is 13.0 Å². The molecular weight excluding hydrogens is 282 g/mol. The van der Waals surface area contributed by atoms with Gasteiger partial charge < -0.3 is 4.74 Å². The van der Waals surface area contributed by atoms with Crippen molar-refractivity contribution in [3.63, 3.8) is 0 Å². The molecule has 3 aromatic rings. The normalized spacial score (nSPS) is 11.0. The zero-order valence-electron chi connectivity index (χ0n) is 10.2. The lowest BCUT2D eigenvalue weighted by molar-refractivity contribution is -0.142. The third-order valence-corrected chi connectivity index (χ3v) is 4.25. The van der Waals surface area contributed by atoms with Crippen LogP contribution in [-0.4, -0.2) is 26.9 Å². The summed E-state index contributed by atoms with van der Waals surface area (Å²) in [6, 6.07) is 0. The average Bonchev–Trinajstić information content (AvgIpc) is 3.05. The largest absolute Gasteiger partial charge is 0.466 e. The van der Waals surface area contributed by atoms with Crippen LogP contribution in [0.1, 0.15) is 12.6 Å². The number of hydrogen-bond acceptors (Lipinski definition) is 6. The summed E-state index contributed by atoms with van der Waals surface area (Å²) >= 11 is 3.06. The Bertz CT molecular complexity index is 700. The first-order valence-electron chi connectivity index (χ1n) is 5.79. The molecule has 0 aliphatic carbocycles. The van der Waals surface area contributed by atoms with E-state index in [-0.39, 0.29) is 12.4 Å². The van der Waals surface area contributed by atoms with Crippen LogP contribution in [0.2, 0.25) is 0 Å². The van der Waals surface area contributed by atoms with E-state index in [2.05, 4.69) is 9.97 Å². The van der Waals surface area contributed by atoms with Gasteiger partial charge >= 0.3 is 5.97 Å². The fraction of sp³-hybridized carbons (Fsp3) is 0.250. The Hall–Kier alpha value is -1.73. The number of imidazole rings is 1. The van der Waals surface area contributed by atoms with Gasteiger partial charge in [-0.2, -0.15) is 0 Å². The quantitative estimate of drug-likeness (QED) is 0.694. The summed E-state index contributed by atoms with van der Waals surface area (Å²) in [4.78, 5) is 21.1. The van der Waals surface area contributed by atoms with Crippen LogP contribution in [-0.2, 0) is 16.0 Å². The SMILES string of the molecule is CCOC(=O)Cc1csc2nc(-c3nccs3)cn12. The van der Waals surface area contributed by atoms with Crippen LogP contribution in [0.25, 0.3) is 15.7 Å². The van der Waals surface area contributed by atoms with E-state index in [1.807, 2.05) is 21.4 Å². The summed E-state index contributed by atoms with van der Waals surface area (Å²) in [5, 5.41) is 4.74. The second-order valence-electron chi connectivity index (χ2n) is 3.82. The van der Waals surface area contributed by atoms with Crippen molar-refractivity contribution >= 4 is 33.6 Å². The van der Waals surface area contributed by atoms with E-state index in [0.29, 0.717) is 6.61 Å². The highest BCUT2D eigenvalue weighted by Gasteiger charge is 2.13. The summed E-state index contributed by atoms with van der Waals surface area (Å²) in [6.45, 7) is 2.21. The van der Waals surface area contributed by atoms with Crippen molar-refractivity contribution in [2.45, 2.75) is 13.3 Å². The lowest BCUT2D eigenvalue weighted by atomic mass is 10.3. The van der Waals surface area contributed by atoms with Crippen LogP contribution in [0.15, 0.2) is 23.2 Å². The predicted molar refractivity (Wildman–Crippen MR) is 74.5 cm³/mol. The number of carbonyl (C=O) groups is 1. The Morgan fingerprint density at radius 2 is 2.37 bits per heavy atom. The molecule has 0 saturated heterocycles. The molecule has 98 valence electrons. The minimum absolute atomic E-state index is 0.216. The molecule has 0 unspecified atom stereocenters. The fourth-order valence-corrected chi connectivity index (χ4v) is 3.23. The molecule has 0 bridgehead atoms. The molecule has 0 spiro atoms. The summed E-state index contributed by atoms with van der Waals surface area (Å²) in [5.74, 6) is -0.216. The second-order valence-corrected chi connectivity index (χ2v) is 5.56. The van der Waals surface area contributed by atoms with Gasteiger partial charge in [-0.15, -0.1) is 22.7 Å².